The first-order valence-electron chi connectivity index (χ1n) is 6.32. The maximum absolute atomic E-state index is 12.8. The molecule has 0 saturated heterocycles. The summed E-state index contributed by atoms with van der Waals surface area (Å²) in [7, 11) is 1.53. The third-order valence-electron chi connectivity index (χ3n) is 3.42. The third kappa shape index (κ3) is 3.22. The smallest absolute Gasteiger partial charge is 0.397 e. The zero-order valence-electron chi connectivity index (χ0n) is 12.1. The van der Waals surface area contributed by atoms with Gasteiger partial charge in [0.1, 0.15) is 6.04 Å². The summed E-state index contributed by atoms with van der Waals surface area (Å²) in [5.41, 5.74) is 5.69. The fourth-order valence-corrected chi connectivity index (χ4v) is 2.19. The van der Waals surface area contributed by atoms with Crippen molar-refractivity contribution in [2.24, 2.45) is 0 Å². The second kappa shape index (κ2) is 6.62. The number of hydrogen-bond acceptors (Lipinski definition) is 3. The van der Waals surface area contributed by atoms with E-state index in [1.807, 2.05) is 0 Å². The normalized spacial score (nSPS) is 13.1. The quantitative estimate of drug-likeness (QED) is 0.931. The van der Waals surface area contributed by atoms with Crippen molar-refractivity contribution in [2.75, 3.05) is 19.5 Å². The molecule has 2 rings (SSSR count). The molecule has 1 unspecified atom stereocenters. The summed E-state index contributed by atoms with van der Waals surface area (Å²) >= 11 is 0. The fourth-order valence-electron chi connectivity index (χ4n) is 2.19. The number of alkyl halides is 3. The summed E-state index contributed by atoms with van der Waals surface area (Å²) in [6.07, 6.45) is -1.82. The highest BCUT2D eigenvalue weighted by atomic mass is 35.5. The lowest BCUT2D eigenvalue weighted by Gasteiger charge is -2.18. The Morgan fingerprint density at radius 2 is 2.05 bits per heavy atom. The number of nitrogens with zero attached hydrogens (tertiary/aromatic N) is 2. The van der Waals surface area contributed by atoms with Crippen LogP contribution in [-0.2, 0) is 11.3 Å². The van der Waals surface area contributed by atoms with Gasteiger partial charge in [-0.1, -0.05) is 0 Å². The minimum Gasteiger partial charge on any atom is -0.397 e. The van der Waals surface area contributed by atoms with Crippen LogP contribution in [0, 0.1) is 0 Å². The van der Waals surface area contributed by atoms with E-state index in [0.717, 1.165) is 13.1 Å². The Bertz CT molecular complexity index is 709. The number of fused-ring (bicyclic) bond motifs is 1. The molecule has 1 atom stereocenters. The summed E-state index contributed by atoms with van der Waals surface area (Å²) < 4.78 is 45.6. The lowest BCUT2D eigenvalue weighted by molar-refractivity contribution is -0.163. The summed E-state index contributed by atoms with van der Waals surface area (Å²) in [4.78, 5) is 12.3. The predicted octanol–water partition coefficient (Wildman–Crippen LogP) is 2.58. The van der Waals surface area contributed by atoms with Crippen LogP contribution in [0.1, 0.15) is 13.0 Å². The van der Waals surface area contributed by atoms with Gasteiger partial charge < -0.3 is 19.6 Å². The van der Waals surface area contributed by atoms with Gasteiger partial charge in [-0.25, -0.2) is 0 Å². The van der Waals surface area contributed by atoms with E-state index in [4.69, 9.17) is 10.5 Å². The van der Waals surface area contributed by atoms with E-state index in [2.05, 4.69) is 0 Å². The van der Waals surface area contributed by atoms with Gasteiger partial charge in [0.15, 0.2) is 0 Å². The van der Waals surface area contributed by atoms with Crippen molar-refractivity contribution in [3.63, 3.8) is 0 Å². The lowest BCUT2D eigenvalue weighted by atomic mass is 10.2. The van der Waals surface area contributed by atoms with Crippen LogP contribution in [0.25, 0.3) is 10.9 Å². The predicted molar refractivity (Wildman–Crippen MR) is 80.5 cm³/mol. The molecule has 2 N–H and O–H groups in total. The van der Waals surface area contributed by atoms with Crippen LogP contribution in [0.2, 0.25) is 0 Å². The topological polar surface area (TPSA) is 62.2 Å². The molecule has 9 heteroatoms. The molecule has 0 aliphatic rings. The number of ether oxygens (including phenoxy) is 1. The van der Waals surface area contributed by atoms with Gasteiger partial charge in [-0.05, 0) is 13.0 Å². The molecule has 5 nitrogen and oxygen atoms in total. The van der Waals surface area contributed by atoms with E-state index >= 15 is 0 Å². The lowest BCUT2D eigenvalue weighted by Crippen LogP contribution is -2.32. The van der Waals surface area contributed by atoms with Gasteiger partial charge in [0.25, 0.3) is 5.56 Å². The maximum Gasteiger partial charge on any atom is 0.408 e. The molecule has 2 heterocycles. The van der Waals surface area contributed by atoms with Crippen LogP contribution in [0.15, 0.2) is 23.3 Å². The van der Waals surface area contributed by atoms with E-state index in [1.54, 1.807) is 4.57 Å². The van der Waals surface area contributed by atoms with Crippen molar-refractivity contribution in [3.05, 3.63) is 28.8 Å². The zero-order chi connectivity index (χ0) is 15.8. The SMILES string of the molecule is COCCn1cc(N)c2c(=O)n(C(C)C(F)(F)F)ccc21.Cl. The van der Waals surface area contributed by atoms with Crippen molar-refractivity contribution >= 4 is 29.0 Å². The average Bonchev–Trinajstić information content (AvgIpc) is 2.72. The molecule has 2 aromatic heterocycles. The molecule has 0 aliphatic heterocycles. The summed E-state index contributed by atoms with van der Waals surface area (Å²) in [6, 6.07) is -0.443. The number of nitrogen functional groups attached to an aromatic ring is 1. The Balaban J connectivity index is 0.00000242. The number of hydrogen-bond donors (Lipinski definition) is 1. The van der Waals surface area contributed by atoms with E-state index in [-0.39, 0.29) is 23.5 Å². The number of anilines is 1. The van der Waals surface area contributed by atoms with Gasteiger partial charge in [0.2, 0.25) is 0 Å². The molecule has 0 bridgehead atoms. The fraction of sp³-hybridized carbons (Fsp3) is 0.462. The standard InChI is InChI=1S/C13H16F3N3O2.ClH/c1-8(13(14,15)16)19-4-3-10-11(12(19)20)9(17)7-18(10)5-6-21-2;/h3-4,7-8H,5-6,17H2,1-2H3;1H. The molecule has 0 amide bonds. The van der Waals surface area contributed by atoms with E-state index in [1.165, 1.54) is 19.4 Å². The molecule has 0 spiro atoms. The van der Waals surface area contributed by atoms with Crippen molar-refractivity contribution in [1.29, 1.82) is 0 Å². The number of pyridine rings is 1. The van der Waals surface area contributed by atoms with Gasteiger partial charge in [-0.2, -0.15) is 13.2 Å². The van der Waals surface area contributed by atoms with Crippen molar-refractivity contribution in [2.45, 2.75) is 25.7 Å². The first-order valence-corrected chi connectivity index (χ1v) is 6.32. The molecule has 124 valence electrons. The summed E-state index contributed by atoms with van der Waals surface area (Å²) in [5.74, 6) is 0. The number of methoxy groups -OCH3 is 1. The molecular weight excluding hydrogens is 323 g/mol. The van der Waals surface area contributed by atoms with Crippen molar-refractivity contribution in [3.8, 4) is 0 Å². The van der Waals surface area contributed by atoms with Gasteiger partial charge in [-0.15, -0.1) is 12.4 Å². The first-order chi connectivity index (χ1) is 9.77. The average molecular weight is 340 g/mol. The van der Waals surface area contributed by atoms with Gasteiger partial charge in [0.05, 0.1) is 23.2 Å². The van der Waals surface area contributed by atoms with E-state index < -0.39 is 17.8 Å². The number of halogens is 4. The van der Waals surface area contributed by atoms with E-state index in [0.29, 0.717) is 23.2 Å². The molecule has 2 aromatic rings. The highest BCUT2D eigenvalue weighted by molar-refractivity contribution is 5.91. The molecule has 22 heavy (non-hydrogen) atoms. The monoisotopic (exact) mass is 339 g/mol. The summed E-state index contributed by atoms with van der Waals surface area (Å²) in [5, 5.41) is 0.102. The molecule has 0 saturated carbocycles. The van der Waals surface area contributed by atoms with E-state index in [9.17, 15) is 18.0 Å². The van der Waals surface area contributed by atoms with Crippen LogP contribution in [0.4, 0.5) is 18.9 Å². The first kappa shape index (κ1) is 18.4. The van der Waals surface area contributed by atoms with Crippen LogP contribution >= 0.6 is 12.4 Å². The third-order valence-corrected chi connectivity index (χ3v) is 3.42. The van der Waals surface area contributed by atoms with Crippen LogP contribution in [0.5, 0.6) is 0 Å². The second-order valence-electron chi connectivity index (χ2n) is 4.78. The number of nitrogens with two attached hydrogens (primary N) is 1. The number of rotatable bonds is 4. The molecule has 0 fully saturated rings. The van der Waals surface area contributed by atoms with Crippen LogP contribution < -0.4 is 11.3 Å². The molecule has 0 aliphatic carbocycles. The van der Waals surface area contributed by atoms with Gasteiger partial charge in [-0.3, -0.25) is 4.79 Å². The van der Waals surface area contributed by atoms with Crippen molar-refractivity contribution < 1.29 is 17.9 Å². The minimum atomic E-state index is -4.50. The largest absolute Gasteiger partial charge is 0.408 e. The highest BCUT2D eigenvalue weighted by Gasteiger charge is 2.38. The highest BCUT2D eigenvalue weighted by Crippen LogP contribution is 2.30. The molecular formula is C13H17ClF3N3O2. The van der Waals surface area contributed by atoms with Gasteiger partial charge in [0, 0.05) is 26.0 Å². The molecule has 0 aromatic carbocycles. The Kier molecular flexibility index (Phi) is 5.53. The van der Waals surface area contributed by atoms with Crippen molar-refractivity contribution in [1.82, 2.24) is 9.13 Å². The Morgan fingerprint density at radius 3 is 2.59 bits per heavy atom. The maximum atomic E-state index is 12.8. The zero-order valence-corrected chi connectivity index (χ0v) is 12.9. The summed E-state index contributed by atoms with van der Waals surface area (Å²) in [6.45, 7) is 1.80. The Labute approximate surface area is 130 Å². The van der Waals surface area contributed by atoms with Crippen LogP contribution in [-0.4, -0.2) is 29.0 Å². The van der Waals surface area contributed by atoms with Gasteiger partial charge >= 0.3 is 6.18 Å². The molecule has 0 radical (unpaired) electrons. The minimum absolute atomic E-state index is 0. The Morgan fingerprint density at radius 1 is 1.41 bits per heavy atom. The second-order valence-corrected chi connectivity index (χ2v) is 4.78. The van der Waals surface area contributed by atoms with Crippen LogP contribution in [0.3, 0.4) is 0 Å². The number of aromatic nitrogens is 2. The Hall–Kier alpha value is -1.67.